The van der Waals surface area contributed by atoms with E-state index in [9.17, 15) is 0 Å². The standard InChI is InChI=1S/C15H23N3/c1-12-11-17-15(18-7-5-16-6-8-18)10-14(12)9-13-3-2-4-13/h10-11,13,16H,2-9H2,1H3. The average Bonchev–Trinajstić information content (AvgIpc) is 2.37. The monoisotopic (exact) mass is 245 g/mol. The molecule has 1 saturated carbocycles. The lowest BCUT2D eigenvalue weighted by molar-refractivity contribution is 0.314. The number of nitrogens with one attached hydrogen (secondary N) is 1. The first-order valence-corrected chi connectivity index (χ1v) is 7.24. The SMILES string of the molecule is Cc1cnc(N2CCNCC2)cc1CC1CCC1. The third kappa shape index (κ3) is 2.51. The maximum absolute atomic E-state index is 4.61. The predicted octanol–water partition coefficient (Wildman–Crippen LogP) is 2.14. The molecule has 3 nitrogen and oxygen atoms in total. The lowest BCUT2D eigenvalue weighted by Gasteiger charge is -2.30. The minimum atomic E-state index is 0.932. The van der Waals surface area contributed by atoms with E-state index in [-0.39, 0.29) is 0 Å². The van der Waals surface area contributed by atoms with E-state index in [0.717, 1.165) is 32.1 Å². The van der Waals surface area contributed by atoms with E-state index < -0.39 is 0 Å². The van der Waals surface area contributed by atoms with Crippen molar-refractivity contribution in [2.24, 2.45) is 5.92 Å². The van der Waals surface area contributed by atoms with Crippen molar-refractivity contribution in [3.05, 3.63) is 23.4 Å². The third-order valence-electron chi connectivity index (χ3n) is 4.37. The van der Waals surface area contributed by atoms with Gasteiger partial charge < -0.3 is 10.2 Å². The number of aryl methyl sites for hydroxylation is 1. The molecule has 1 aromatic rings. The van der Waals surface area contributed by atoms with Crippen molar-refractivity contribution in [1.29, 1.82) is 0 Å². The van der Waals surface area contributed by atoms with E-state index in [1.807, 2.05) is 0 Å². The zero-order valence-electron chi connectivity index (χ0n) is 11.3. The van der Waals surface area contributed by atoms with Crippen LogP contribution < -0.4 is 10.2 Å². The number of hydrogen-bond acceptors (Lipinski definition) is 3. The van der Waals surface area contributed by atoms with Crippen molar-refractivity contribution in [2.45, 2.75) is 32.6 Å². The van der Waals surface area contributed by atoms with Crippen molar-refractivity contribution in [2.75, 3.05) is 31.1 Å². The Bertz CT molecular complexity index is 406. The zero-order valence-corrected chi connectivity index (χ0v) is 11.3. The van der Waals surface area contributed by atoms with Crippen LogP contribution >= 0.6 is 0 Å². The average molecular weight is 245 g/mol. The first kappa shape index (κ1) is 12.0. The van der Waals surface area contributed by atoms with Crippen molar-refractivity contribution >= 4 is 5.82 Å². The number of nitrogens with zero attached hydrogens (tertiary/aromatic N) is 2. The molecule has 0 spiro atoms. The van der Waals surface area contributed by atoms with E-state index >= 15 is 0 Å². The summed E-state index contributed by atoms with van der Waals surface area (Å²) in [5, 5.41) is 3.39. The summed E-state index contributed by atoms with van der Waals surface area (Å²) in [4.78, 5) is 7.01. The number of rotatable bonds is 3. The molecule has 0 amide bonds. The first-order valence-electron chi connectivity index (χ1n) is 7.24. The maximum Gasteiger partial charge on any atom is 0.128 e. The summed E-state index contributed by atoms with van der Waals surface area (Å²) < 4.78 is 0. The Balaban J connectivity index is 1.75. The fourth-order valence-corrected chi connectivity index (χ4v) is 2.85. The Labute approximate surface area is 110 Å². The largest absolute Gasteiger partial charge is 0.354 e. The van der Waals surface area contributed by atoms with Crippen LogP contribution in [0.2, 0.25) is 0 Å². The molecule has 0 bridgehead atoms. The summed E-state index contributed by atoms with van der Waals surface area (Å²) in [7, 11) is 0. The molecule has 0 aromatic carbocycles. The molecule has 3 heteroatoms. The number of anilines is 1. The number of piperazine rings is 1. The maximum atomic E-state index is 4.61. The second-order valence-corrected chi connectivity index (χ2v) is 5.71. The molecule has 1 saturated heterocycles. The van der Waals surface area contributed by atoms with Gasteiger partial charge in [-0.3, -0.25) is 0 Å². The van der Waals surface area contributed by atoms with Gasteiger partial charge in [-0.25, -0.2) is 4.98 Å². The molecule has 3 rings (SSSR count). The molecular formula is C15H23N3. The fraction of sp³-hybridized carbons (Fsp3) is 0.667. The Kier molecular flexibility index (Phi) is 3.50. The van der Waals surface area contributed by atoms with Crippen molar-refractivity contribution in [3.63, 3.8) is 0 Å². The second-order valence-electron chi connectivity index (χ2n) is 5.71. The van der Waals surface area contributed by atoms with Gasteiger partial charge in [0.25, 0.3) is 0 Å². The number of hydrogen-bond donors (Lipinski definition) is 1. The molecule has 1 aliphatic carbocycles. The Morgan fingerprint density at radius 1 is 1.33 bits per heavy atom. The highest BCUT2D eigenvalue weighted by Gasteiger charge is 2.19. The minimum absolute atomic E-state index is 0.932. The van der Waals surface area contributed by atoms with Gasteiger partial charge in [-0.05, 0) is 36.5 Å². The molecule has 0 atom stereocenters. The van der Waals surface area contributed by atoms with Crippen molar-refractivity contribution in [1.82, 2.24) is 10.3 Å². The van der Waals surface area contributed by atoms with Crippen LogP contribution in [0.15, 0.2) is 12.3 Å². The molecule has 2 fully saturated rings. The zero-order chi connectivity index (χ0) is 12.4. The molecular weight excluding hydrogens is 222 g/mol. The molecule has 98 valence electrons. The van der Waals surface area contributed by atoms with Gasteiger partial charge >= 0.3 is 0 Å². The van der Waals surface area contributed by atoms with Crippen LogP contribution in [0.3, 0.4) is 0 Å². The van der Waals surface area contributed by atoms with E-state index in [1.54, 1.807) is 0 Å². The van der Waals surface area contributed by atoms with E-state index in [0.29, 0.717) is 0 Å². The summed E-state index contributed by atoms with van der Waals surface area (Å²) in [6.07, 6.45) is 7.59. The molecule has 1 aliphatic heterocycles. The molecule has 2 heterocycles. The second kappa shape index (κ2) is 5.27. The fourth-order valence-electron chi connectivity index (χ4n) is 2.85. The van der Waals surface area contributed by atoms with Crippen LogP contribution in [0, 0.1) is 12.8 Å². The van der Waals surface area contributed by atoms with Crippen LogP contribution in [0.5, 0.6) is 0 Å². The molecule has 0 unspecified atom stereocenters. The van der Waals surface area contributed by atoms with Crippen LogP contribution in [-0.2, 0) is 6.42 Å². The van der Waals surface area contributed by atoms with Gasteiger partial charge in [0, 0.05) is 32.4 Å². The Morgan fingerprint density at radius 3 is 2.78 bits per heavy atom. The highest BCUT2D eigenvalue weighted by Crippen LogP contribution is 2.31. The van der Waals surface area contributed by atoms with Crippen LogP contribution in [0.1, 0.15) is 30.4 Å². The smallest absolute Gasteiger partial charge is 0.128 e. The normalized spacial score (nSPS) is 20.8. The summed E-state index contributed by atoms with van der Waals surface area (Å²) in [5.41, 5.74) is 2.88. The molecule has 1 aromatic heterocycles. The van der Waals surface area contributed by atoms with E-state index in [4.69, 9.17) is 0 Å². The quantitative estimate of drug-likeness (QED) is 0.884. The topological polar surface area (TPSA) is 28.2 Å². The first-order chi connectivity index (χ1) is 8.83. The molecule has 18 heavy (non-hydrogen) atoms. The van der Waals surface area contributed by atoms with E-state index in [1.165, 1.54) is 42.6 Å². The molecule has 0 radical (unpaired) electrons. The number of pyridine rings is 1. The number of aromatic nitrogens is 1. The van der Waals surface area contributed by atoms with E-state index in [2.05, 4.69) is 34.4 Å². The summed E-state index contributed by atoms with van der Waals surface area (Å²) >= 11 is 0. The summed E-state index contributed by atoms with van der Waals surface area (Å²) in [6, 6.07) is 2.33. The van der Waals surface area contributed by atoms with Gasteiger partial charge in [0.2, 0.25) is 0 Å². The summed E-state index contributed by atoms with van der Waals surface area (Å²) in [5.74, 6) is 2.11. The Hall–Kier alpha value is -1.09. The Morgan fingerprint density at radius 2 is 2.11 bits per heavy atom. The van der Waals surface area contributed by atoms with Crippen LogP contribution in [0.25, 0.3) is 0 Å². The van der Waals surface area contributed by atoms with Gasteiger partial charge in [0.15, 0.2) is 0 Å². The van der Waals surface area contributed by atoms with Gasteiger partial charge in [-0.2, -0.15) is 0 Å². The molecule has 1 N–H and O–H groups in total. The van der Waals surface area contributed by atoms with Gasteiger partial charge in [0.05, 0.1) is 0 Å². The minimum Gasteiger partial charge on any atom is -0.354 e. The van der Waals surface area contributed by atoms with Gasteiger partial charge in [-0.15, -0.1) is 0 Å². The lowest BCUT2D eigenvalue weighted by Crippen LogP contribution is -2.43. The lowest BCUT2D eigenvalue weighted by atomic mass is 9.80. The van der Waals surface area contributed by atoms with Crippen LogP contribution in [0.4, 0.5) is 5.82 Å². The summed E-state index contributed by atoms with van der Waals surface area (Å²) in [6.45, 7) is 6.52. The predicted molar refractivity (Wildman–Crippen MR) is 75.1 cm³/mol. The van der Waals surface area contributed by atoms with Gasteiger partial charge in [0.1, 0.15) is 5.82 Å². The highest BCUT2D eigenvalue weighted by atomic mass is 15.2. The third-order valence-corrected chi connectivity index (χ3v) is 4.37. The van der Waals surface area contributed by atoms with Crippen molar-refractivity contribution < 1.29 is 0 Å². The molecule has 2 aliphatic rings. The van der Waals surface area contributed by atoms with Crippen molar-refractivity contribution in [3.8, 4) is 0 Å². The van der Waals surface area contributed by atoms with Gasteiger partial charge in [-0.1, -0.05) is 19.3 Å². The highest BCUT2D eigenvalue weighted by molar-refractivity contribution is 5.44. The van der Waals surface area contributed by atoms with Crippen LogP contribution in [-0.4, -0.2) is 31.2 Å².